The molecule has 4 rings (SSSR count). The highest BCUT2D eigenvalue weighted by Crippen LogP contribution is 2.33. The Labute approximate surface area is 147 Å². The third-order valence-electron chi connectivity index (χ3n) is 4.59. The molecule has 134 valence electrons. The minimum Gasteiger partial charge on any atom is -0.375 e. The predicted molar refractivity (Wildman–Crippen MR) is 98.4 cm³/mol. The van der Waals surface area contributed by atoms with E-state index in [2.05, 4.69) is 57.8 Å². The molecule has 2 aliphatic rings. The highest BCUT2D eigenvalue weighted by atomic mass is 16.5. The Hall–Kier alpha value is -2.15. The maximum atomic E-state index is 5.93. The van der Waals surface area contributed by atoms with Gasteiger partial charge < -0.3 is 20.4 Å². The standard InChI is InChI=1S/C18H26N6O/c1-18(2,3)25-9-11-4-7-13(8-11)24-10-20-14-15(21-12-5-6-12)22-17(19)23-16(14)24/h4,7,10-13H,5-6,8-9H2,1-3H3,(H3,19,21,22,23). The zero-order valence-corrected chi connectivity index (χ0v) is 15.1. The van der Waals surface area contributed by atoms with Gasteiger partial charge in [-0.05, 0) is 40.0 Å². The van der Waals surface area contributed by atoms with E-state index in [0.29, 0.717) is 12.0 Å². The summed E-state index contributed by atoms with van der Waals surface area (Å²) in [6, 6.07) is 0.717. The second-order valence-electron chi connectivity index (χ2n) is 8.04. The molecule has 0 radical (unpaired) electrons. The molecule has 2 unspecified atom stereocenters. The maximum absolute atomic E-state index is 5.93. The number of anilines is 2. The Bertz CT molecular complexity index is 802. The number of nitrogens with two attached hydrogens (primary N) is 1. The number of hydrogen-bond donors (Lipinski definition) is 2. The van der Waals surface area contributed by atoms with Crippen LogP contribution in [0.4, 0.5) is 11.8 Å². The second kappa shape index (κ2) is 5.98. The fourth-order valence-corrected chi connectivity index (χ4v) is 3.14. The molecular weight excluding hydrogens is 316 g/mol. The van der Waals surface area contributed by atoms with E-state index >= 15 is 0 Å². The van der Waals surface area contributed by atoms with Crippen molar-refractivity contribution in [2.75, 3.05) is 17.7 Å². The van der Waals surface area contributed by atoms with Crippen LogP contribution in [-0.2, 0) is 4.74 Å². The number of fused-ring (bicyclic) bond motifs is 1. The number of nitrogens with one attached hydrogen (secondary N) is 1. The van der Waals surface area contributed by atoms with E-state index in [4.69, 9.17) is 10.5 Å². The number of ether oxygens (including phenoxy) is 1. The monoisotopic (exact) mass is 342 g/mol. The van der Waals surface area contributed by atoms with Crippen molar-refractivity contribution in [2.24, 2.45) is 5.92 Å². The summed E-state index contributed by atoms with van der Waals surface area (Å²) in [6.45, 7) is 6.98. The quantitative estimate of drug-likeness (QED) is 0.812. The number of hydrogen-bond acceptors (Lipinski definition) is 6. The van der Waals surface area contributed by atoms with Crippen LogP contribution in [-0.4, -0.2) is 37.8 Å². The van der Waals surface area contributed by atoms with Gasteiger partial charge in [0.05, 0.1) is 24.6 Å². The van der Waals surface area contributed by atoms with Crippen molar-refractivity contribution in [1.29, 1.82) is 0 Å². The van der Waals surface area contributed by atoms with Gasteiger partial charge in [-0.25, -0.2) is 4.98 Å². The Balaban J connectivity index is 1.54. The number of nitrogens with zero attached hydrogens (tertiary/aromatic N) is 4. The average molecular weight is 342 g/mol. The zero-order valence-electron chi connectivity index (χ0n) is 15.1. The van der Waals surface area contributed by atoms with Crippen LogP contribution in [0.3, 0.4) is 0 Å². The zero-order chi connectivity index (χ0) is 17.6. The molecule has 0 amide bonds. The number of nitrogen functional groups attached to an aromatic ring is 1. The summed E-state index contributed by atoms with van der Waals surface area (Å²) in [5.41, 5.74) is 7.41. The molecular formula is C18H26N6O. The van der Waals surface area contributed by atoms with Crippen LogP contribution in [0.1, 0.15) is 46.1 Å². The SMILES string of the molecule is CC(C)(C)OCC1C=CC(n2cnc3c(NC4CC4)nc(N)nc32)C1. The molecule has 0 saturated heterocycles. The smallest absolute Gasteiger partial charge is 0.224 e. The van der Waals surface area contributed by atoms with Crippen molar-refractivity contribution < 1.29 is 4.74 Å². The maximum Gasteiger partial charge on any atom is 0.224 e. The number of rotatable bonds is 5. The molecule has 25 heavy (non-hydrogen) atoms. The predicted octanol–water partition coefficient (Wildman–Crippen LogP) is 2.92. The lowest BCUT2D eigenvalue weighted by Crippen LogP contribution is -2.22. The topological polar surface area (TPSA) is 90.9 Å². The molecule has 1 fully saturated rings. The minimum absolute atomic E-state index is 0.112. The second-order valence-corrected chi connectivity index (χ2v) is 8.04. The first-order chi connectivity index (χ1) is 11.9. The van der Waals surface area contributed by atoms with Gasteiger partial charge in [0, 0.05) is 12.0 Å². The summed E-state index contributed by atoms with van der Waals surface area (Å²) in [6.07, 6.45) is 9.62. The lowest BCUT2D eigenvalue weighted by atomic mass is 10.1. The molecule has 1 saturated carbocycles. The molecule has 0 bridgehead atoms. The lowest BCUT2D eigenvalue weighted by molar-refractivity contribution is -0.0160. The fourth-order valence-electron chi connectivity index (χ4n) is 3.14. The van der Waals surface area contributed by atoms with Gasteiger partial charge in [0.25, 0.3) is 0 Å². The summed E-state index contributed by atoms with van der Waals surface area (Å²) >= 11 is 0. The van der Waals surface area contributed by atoms with Crippen molar-refractivity contribution >= 4 is 22.9 Å². The number of aromatic nitrogens is 4. The van der Waals surface area contributed by atoms with E-state index < -0.39 is 0 Å². The molecule has 2 atom stereocenters. The molecule has 2 aromatic rings. The van der Waals surface area contributed by atoms with Crippen molar-refractivity contribution in [2.45, 2.75) is 57.7 Å². The average Bonchev–Trinajstić information content (AvgIpc) is 3.06. The summed E-state index contributed by atoms with van der Waals surface area (Å²) in [7, 11) is 0. The highest BCUT2D eigenvalue weighted by Gasteiger charge is 2.27. The highest BCUT2D eigenvalue weighted by molar-refractivity contribution is 5.84. The molecule has 0 aliphatic heterocycles. The Morgan fingerprint density at radius 1 is 1.28 bits per heavy atom. The summed E-state index contributed by atoms with van der Waals surface area (Å²) in [4.78, 5) is 13.3. The van der Waals surface area contributed by atoms with Crippen LogP contribution in [0.25, 0.3) is 11.2 Å². The molecule has 7 heteroatoms. The summed E-state index contributed by atoms with van der Waals surface area (Å²) in [5.74, 6) is 1.44. The normalized spacial score (nSPS) is 23.5. The fraction of sp³-hybridized carbons (Fsp3) is 0.611. The third-order valence-corrected chi connectivity index (χ3v) is 4.59. The minimum atomic E-state index is -0.112. The van der Waals surface area contributed by atoms with Gasteiger partial charge in [0.2, 0.25) is 5.95 Å². The van der Waals surface area contributed by atoms with E-state index in [0.717, 1.165) is 30.0 Å². The van der Waals surface area contributed by atoms with Gasteiger partial charge in [0.15, 0.2) is 17.0 Å². The summed E-state index contributed by atoms with van der Waals surface area (Å²) < 4.78 is 8.02. The van der Waals surface area contributed by atoms with Crippen LogP contribution in [0.2, 0.25) is 0 Å². The van der Waals surface area contributed by atoms with Gasteiger partial charge in [-0.3, -0.25) is 0 Å². The van der Waals surface area contributed by atoms with Crippen LogP contribution in [0.5, 0.6) is 0 Å². The van der Waals surface area contributed by atoms with E-state index in [9.17, 15) is 0 Å². The first kappa shape index (κ1) is 16.3. The lowest BCUT2D eigenvalue weighted by Gasteiger charge is -2.22. The van der Waals surface area contributed by atoms with Crippen LogP contribution < -0.4 is 11.1 Å². The first-order valence-electron chi connectivity index (χ1n) is 8.98. The van der Waals surface area contributed by atoms with Gasteiger partial charge >= 0.3 is 0 Å². The van der Waals surface area contributed by atoms with Crippen molar-refractivity contribution in [3.8, 4) is 0 Å². The Morgan fingerprint density at radius 3 is 2.80 bits per heavy atom. The van der Waals surface area contributed by atoms with E-state index in [1.165, 1.54) is 12.8 Å². The van der Waals surface area contributed by atoms with Crippen LogP contribution >= 0.6 is 0 Å². The van der Waals surface area contributed by atoms with Gasteiger partial charge in [0.1, 0.15) is 0 Å². The number of allylic oxidation sites excluding steroid dienone is 1. The third kappa shape index (κ3) is 3.61. The van der Waals surface area contributed by atoms with Crippen molar-refractivity contribution in [1.82, 2.24) is 19.5 Å². The summed E-state index contributed by atoms with van der Waals surface area (Å²) in [5, 5.41) is 3.40. The molecule has 0 aromatic carbocycles. The molecule has 2 aromatic heterocycles. The largest absolute Gasteiger partial charge is 0.375 e. The molecule has 2 aliphatic carbocycles. The molecule has 3 N–H and O–H groups in total. The van der Waals surface area contributed by atoms with Gasteiger partial charge in [-0.2, -0.15) is 9.97 Å². The van der Waals surface area contributed by atoms with Crippen LogP contribution in [0.15, 0.2) is 18.5 Å². The van der Waals surface area contributed by atoms with Crippen molar-refractivity contribution in [3.63, 3.8) is 0 Å². The van der Waals surface area contributed by atoms with E-state index in [1.54, 1.807) is 0 Å². The van der Waals surface area contributed by atoms with Crippen LogP contribution in [0, 0.1) is 5.92 Å². The van der Waals surface area contributed by atoms with Gasteiger partial charge in [-0.15, -0.1) is 0 Å². The molecule has 7 nitrogen and oxygen atoms in total. The van der Waals surface area contributed by atoms with E-state index in [1.807, 2.05) is 6.33 Å². The first-order valence-corrected chi connectivity index (χ1v) is 8.98. The Kier molecular flexibility index (Phi) is 3.91. The van der Waals surface area contributed by atoms with Crippen molar-refractivity contribution in [3.05, 3.63) is 18.5 Å². The van der Waals surface area contributed by atoms with E-state index in [-0.39, 0.29) is 17.6 Å². The Morgan fingerprint density at radius 2 is 2.08 bits per heavy atom. The molecule has 0 spiro atoms. The number of imidazole rings is 1. The van der Waals surface area contributed by atoms with Gasteiger partial charge in [-0.1, -0.05) is 12.2 Å². The molecule has 2 heterocycles.